The highest BCUT2D eigenvalue weighted by atomic mass is 16.5. The molecule has 0 amide bonds. The fraction of sp³-hybridized carbons (Fsp3) is 1.00. The zero-order valence-electron chi connectivity index (χ0n) is 11.0. The van der Waals surface area contributed by atoms with Crippen molar-refractivity contribution in [3.63, 3.8) is 0 Å². The Hall–Kier alpha value is -0.120. The predicted octanol–water partition coefficient (Wildman–Crippen LogP) is 1.80. The number of nitrogens with one attached hydrogen (secondary N) is 1. The highest BCUT2D eigenvalue weighted by Gasteiger charge is 2.38. The standard InChI is InChI=1S/C13H27NO2/c1-4-11(3)6-12(5-2)14-7-13(8-15)9-16-10-13/h11-12,14-15H,4-10H2,1-3H3. The molecule has 1 fully saturated rings. The number of aliphatic hydroxyl groups is 1. The molecule has 2 N–H and O–H groups in total. The molecule has 0 bridgehead atoms. The molecule has 96 valence electrons. The summed E-state index contributed by atoms with van der Waals surface area (Å²) in [6.45, 7) is 9.30. The van der Waals surface area contributed by atoms with Crippen LogP contribution < -0.4 is 5.32 Å². The van der Waals surface area contributed by atoms with Gasteiger partial charge in [-0.2, -0.15) is 0 Å². The summed E-state index contributed by atoms with van der Waals surface area (Å²) < 4.78 is 5.20. The largest absolute Gasteiger partial charge is 0.396 e. The molecule has 1 heterocycles. The zero-order chi connectivity index (χ0) is 12.0. The molecule has 16 heavy (non-hydrogen) atoms. The van der Waals surface area contributed by atoms with Gasteiger partial charge in [0.1, 0.15) is 0 Å². The predicted molar refractivity (Wildman–Crippen MR) is 66.5 cm³/mol. The van der Waals surface area contributed by atoms with Crippen molar-refractivity contribution in [2.24, 2.45) is 11.3 Å². The Balaban J connectivity index is 2.27. The van der Waals surface area contributed by atoms with Crippen LogP contribution in [0.5, 0.6) is 0 Å². The molecule has 0 aromatic rings. The van der Waals surface area contributed by atoms with Crippen molar-refractivity contribution in [1.29, 1.82) is 0 Å². The summed E-state index contributed by atoms with van der Waals surface area (Å²) in [5.74, 6) is 0.778. The van der Waals surface area contributed by atoms with Crippen molar-refractivity contribution >= 4 is 0 Å². The summed E-state index contributed by atoms with van der Waals surface area (Å²) in [6.07, 6.45) is 3.63. The van der Waals surface area contributed by atoms with Crippen LogP contribution in [0.15, 0.2) is 0 Å². The minimum Gasteiger partial charge on any atom is -0.396 e. The van der Waals surface area contributed by atoms with Gasteiger partial charge in [0.05, 0.1) is 25.2 Å². The van der Waals surface area contributed by atoms with E-state index in [1.165, 1.54) is 12.8 Å². The monoisotopic (exact) mass is 229 g/mol. The summed E-state index contributed by atoms with van der Waals surface area (Å²) in [5.41, 5.74) is 0.00285. The molecule has 0 aromatic carbocycles. The van der Waals surface area contributed by atoms with Crippen LogP contribution in [0.1, 0.15) is 40.0 Å². The maximum Gasteiger partial charge on any atom is 0.0579 e. The van der Waals surface area contributed by atoms with Gasteiger partial charge in [0.2, 0.25) is 0 Å². The lowest BCUT2D eigenvalue weighted by atomic mass is 9.86. The van der Waals surface area contributed by atoms with Crippen LogP contribution in [0.4, 0.5) is 0 Å². The summed E-state index contributed by atoms with van der Waals surface area (Å²) in [5, 5.41) is 12.9. The van der Waals surface area contributed by atoms with E-state index >= 15 is 0 Å². The first-order valence-electron chi connectivity index (χ1n) is 6.57. The molecule has 3 nitrogen and oxygen atoms in total. The Bertz CT molecular complexity index is 187. The molecule has 1 aliphatic heterocycles. The van der Waals surface area contributed by atoms with Crippen LogP contribution in [0.25, 0.3) is 0 Å². The minimum atomic E-state index is 0.00285. The molecule has 3 heteroatoms. The van der Waals surface area contributed by atoms with Gasteiger partial charge in [-0.05, 0) is 18.8 Å². The van der Waals surface area contributed by atoms with E-state index in [1.54, 1.807) is 0 Å². The van der Waals surface area contributed by atoms with E-state index in [9.17, 15) is 5.11 Å². The Morgan fingerprint density at radius 3 is 2.38 bits per heavy atom. The summed E-state index contributed by atoms with van der Waals surface area (Å²) in [6, 6.07) is 0.582. The molecule has 1 aliphatic rings. The molecule has 2 unspecified atom stereocenters. The van der Waals surface area contributed by atoms with Crippen molar-refractivity contribution in [3.05, 3.63) is 0 Å². The first kappa shape index (κ1) is 13.9. The Labute approximate surface area is 99.6 Å². The Morgan fingerprint density at radius 2 is 2.00 bits per heavy atom. The lowest BCUT2D eigenvalue weighted by Gasteiger charge is -2.41. The van der Waals surface area contributed by atoms with Gasteiger partial charge in [-0.3, -0.25) is 0 Å². The lowest BCUT2D eigenvalue weighted by Crippen LogP contribution is -2.53. The van der Waals surface area contributed by atoms with E-state index in [0.717, 1.165) is 18.9 Å². The average Bonchev–Trinajstić information content (AvgIpc) is 2.26. The maximum absolute atomic E-state index is 9.33. The second-order valence-corrected chi connectivity index (χ2v) is 5.39. The first-order chi connectivity index (χ1) is 7.65. The van der Waals surface area contributed by atoms with E-state index in [4.69, 9.17) is 4.74 Å². The van der Waals surface area contributed by atoms with E-state index < -0.39 is 0 Å². The van der Waals surface area contributed by atoms with E-state index in [2.05, 4.69) is 26.1 Å². The molecule has 0 spiro atoms. The van der Waals surface area contributed by atoms with Crippen molar-refractivity contribution in [2.45, 2.75) is 46.1 Å². The quantitative estimate of drug-likeness (QED) is 0.667. The fourth-order valence-electron chi connectivity index (χ4n) is 2.05. The summed E-state index contributed by atoms with van der Waals surface area (Å²) in [7, 11) is 0. The molecular weight excluding hydrogens is 202 g/mol. The molecule has 0 saturated carbocycles. The van der Waals surface area contributed by atoms with Gasteiger partial charge in [0.25, 0.3) is 0 Å². The van der Waals surface area contributed by atoms with Gasteiger partial charge in [0, 0.05) is 12.6 Å². The normalized spacial score (nSPS) is 22.5. The molecule has 0 radical (unpaired) electrons. The molecule has 1 rings (SSSR count). The second kappa shape index (κ2) is 6.58. The second-order valence-electron chi connectivity index (χ2n) is 5.39. The van der Waals surface area contributed by atoms with E-state index in [1.807, 2.05) is 0 Å². The average molecular weight is 229 g/mol. The van der Waals surface area contributed by atoms with E-state index in [0.29, 0.717) is 19.3 Å². The first-order valence-corrected chi connectivity index (χ1v) is 6.57. The highest BCUT2D eigenvalue weighted by molar-refractivity contribution is 4.88. The van der Waals surface area contributed by atoms with Crippen LogP contribution in [0.3, 0.4) is 0 Å². The zero-order valence-corrected chi connectivity index (χ0v) is 11.0. The van der Waals surface area contributed by atoms with Crippen LogP contribution in [0.2, 0.25) is 0 Å². The SMILES string of the molecule is CCC(C)CC(CC)NCC1(CO)COC1. The number of rotatable bonds is 8. The molecular formula is C13H27NO2. The third-order valence-corrected chi connectivity index (χ3v) is 3.79. The third kappa shape index (κ3) is 3.72. The van der Waals surface area contributed by atoms with Crippen molar-refractivity contribution < 1.29 is 9.84 Å². The molecule has 1 saturated heterocycles. The maximum atomic E-state index is 9.33. The molecule has 2 atom stereocenters. The fourth-order valence-corrected chi connectivity index (χ4v) is 2.05. The number of hydrogen-bond acceptors (Lipinski definition) is 3. The van der Waals surface area contributed by atoms with Crippen LogP contribution in [-0.4, -0.2) is 37.5 Å². The van der Waals surface area contributed by atoms with Gasteiger partial charge in [-0.25, -0.2) is 0 Å². The lowest BCUT2D eigenvalue weighted by molar-refractivity contribution is -0.135. The van der Waals surface area contributed by atoms with Crippen LogP contribution in [0, 0.1) is 11.3 Å². The number of hydrogen-bond donors (Lipinski definition) is 2. The van der Waals surface area contributed by atoms with Gasteiger partial charge in [-0.1, -0.05) is 27.2 Å². The summed E-state index contributed by atoms with van der Waals surface area (Å²) in [4.78, 5) is 0. The van der Waals surface area contributed by atoms with Crippen LogP contribution in [-0.2, 0) is 4.74 Å². The number of aliphatic hydroxyl groups excluding tert-OH is 1. The third-order valence-electron chi connectivity index (χ3n) is 3.79. The van der Waals surface area contributed by atoms with E-state index in [-0.39, 0.29) is 12.0 Å². The van der Waals surface area contributed by atoms with Crippen molar-refractivity contribution in [2.75, 3.05) is 26.4 Å². The Kier molecular flexibility index (Phi) is 5.73. The van der Waals surface area contributed by atoms with Crippen molar-refractivity contribution in [3.8, 4) is 0 Å². The molecule has 0 aliphatic carbocycles. The van der Waals surface area contributed by atoms with Gasteiger partial charge < -0.3 is 15.2 Å². The minimum absolute atomic E-state index is 0.00285. The Morgan fingerprint density at radius 1 is 1.31 bits per heavy atom. The highest BCUT2D eigenvalue weighted by Crippen LogP contribution is 2.26. The summed E-state index contributed by atoms with van der Waals surface area (Å²) >= 11 is 0. The van der Waals surface area contributed by atoms with Gasteiger partial charge in [-0.15, -0.1) is 0 Å². The van der Waals surface area contributed by atoms with Crippen LogP contribution >= 0.6 is 0 Å². The smallest absolute Gasteiger partial charge is 0.0579 e. The van der Waals surface area contributed by atoms with Gasteiger partial charge in [0.15, 0.2) is 0 Å². The number of ether oxygens (including phenoxy) is 1. The molecule has 0 aromatic heterocycles. The topological polar surface area (TPSA) is 41.5 Å². The van der Waals surface area contributed by atoms with Crippen molar-refractivity contribution in [1.82, 2.24) is 5.32 Å². The van der Waals surface area contributed by atoms with Gasteiger partial charge >= 0.3 is 0 Å².